The van der Waals surface area contributed by atoms with Gasteiger partial charge < -0.3 is 0 Å². The average Bonchev–Trinajstić information content (AvgIpc) is 3.11. The molecule has 136 valence electrons. The number of nitro groups is 1. The maximum Gasteiger partial charge on any atom is 0.270 e. The van der Waals surface area contributed by atoms with Gasteiger partial charge in [0.2, 0.25) is 0 Å². The zero-order chi connectivity index (χ0) is 19.3. The Hall–Kier alpha value is -3.80. The molecule has 0 unspecified atom stereocenters. The quantitative estimate of drug-likeness (QED) is 0.387. The molecule has 0 N–H and O–H groups in total. The summed E-state index contributed by atoms with van der Waals surface area (Å²) in [4.78, 5) is 28.0. The number of hydrogen-bond donors (Lipinski definition) is 0. The van der Waals surface area contributed by atoms with Crippen molar-refractivity contribution in [1.29, 1.82) is 0 Å². The zero-order valence-electron chi connectivity index (χ0n) is 14.8. The average molecular weight is 369 g/mol. The fourth-order valence-electron chi connectivity index (χ4n) is 3.82. The summed E-state index contributed by atoms with van der Waals surface area (Å²) < 4.78 is 1.61. The van der Waals surface area contributed by atoms with Crippen molar-refractivity contribution in [3.05, 3.63) is 92.5 Å². The molecule has 0 bridgehead atoms. The highest BCUT2D eigenvalue weighted by Gasteiger charge is 2.22. The summed E-state index contributed by atoms with van der Waals surface area (Å²) in [6, 6.07) is 18.6. The van der Waals surface area contributed by atoms with Crippen LogP contribution in [0.25, 0.3) is 33.3 Å². The van der Waals surface area contributed by atoms with E-state index in [1.54, 1.807) is 10.6 Å². The summed E-state index contributed by atoms with van der Waals surface area (Å²) in [5.41, 5.74) is 2.22. The highest BCUT2D eigenvalue weighted by molar-refractivity contribution is 5.95. The van der Waals surface area contributed by atoms with Crippen molar-refractivity contribution in [2.45, 2.75) is 13.0 Å². The second-order valence-electron chi connectivity index (χ2n) is 6.84. The standard InChI is InChI=1S/C22H15N3O3/c26-22-19-13-17(25(27)28)8-9-20(19)23-21-16(10-11-24(21)22)12-15-6-3-5-14-4-1-2-7-18(14)15/h1-9,12-13H,10-11H2/b16-12-. The second-order valence-corrected chi connectivity index (χ2v) is 6.84. The summed E-state index contributed by atoms with van der Waals surface area (Å²) in [5, 5.41) is 13.6. The van der Waals surface area contributed by atoms with Crippen molar-refractivity contribution in [2.75, 3.05) is 0 Å². The van der Waals surface area contributed by atoms with Gasteiger partial charge in [-0.05, 0) is 40.5 Å². The molecular weight excluding hydrogens is 354 g/mol. The van der Waals surface area contributed by atoms with E-state index in [0.29, 0.717) is 24.3 Å². The van der Waals surface area contributed by atoms with Crippen LogP contribution in [-0.4, -0.2) is 14.5 Å². The molecule has 1 aliphatic rings. The van der Waals surface area contributed by atoms with Crippen LogP contribution in [0.1, 0.15) is 17.8 Å². The fourth-order valence-corrected chi connectivity index (χ4v) is 3.82. The third-order valence-electron chi connectivity index (χ3n) is 5.19. The van der Waals surface area contributed by atoms with Crippen molar-refractivity contribution in [1.82, 2.24) is 9.55 Å². The Bertz CT molecular complexity index is 1360. The lowest BCUT2D eigenvalue weighted by molar-refractivity contribution is -0.384. The minimum Gasteiger partial charge on any atom is -0.292 e. The lowest BCUT2D eigenvalue weighted by atomic mass is 10.0. The first-order valence-electron chi connectivity index (χ1n) is 8.99. The molecule has 1 aromatic heterocycles. The molecule has 0 atom stereocenters. The van der Waals surface area contributed by atoms with Crippen LogP contribution in [0.3, 0.4) is 0 Å². The summed E-state index contributed by atoms with van der Waals surface area (Å²) >= 11 is 0. The molecule has 0 amide bonds. The van der Waals surface area contributed by atoms with Crippen molar-refractivity contribution in [2.24, 2.45) is 0 Å². The summed E-state index contributed by atoms with van der Waals surface area (Å²) in [6.07, 6.45) is 2.79. The van der Waals surface area contributed by atoms with E-state index in [0.717, 1.165) is 21.9 Å². The van der Waals surface area contributed by atoms with E-state index in [1.165, 1.54) is 12.1 Å². The molecule has 5 rings (SSSR count). The van der Waals surface area contributed by atoms with Crippen LogP contribution in [-0.2, 0) is 6.54 Å². The minimum absolute atomic E-state index is 0.100. The summed E-state index contributed by atoms with van der Waals surface area (Å²) in [7, 11) is 0. The lowest BCUT2D eigenvalue weighted by Crippen LogP contribution is -2.20. The fraction of sp³-hybridized carbons (Fsp3) is 0.0909. The number of nitro benzene ring substituents is 1. The molecule has 4 aromatic rings. The Balaban J connectivity index is 1.70. The third-order valence-corrected chi connectivity index (χ3v) is 5.19. The molecule has 2 heterocycles. The van der Waals surface area contributed by atoms with E-state index in [-0.39, 0.29) is 16.6 Å². The van der Waals surface area contributed by atoms with Gasteiger partial charge in [-0.1, -0.05) is 42.5 Å². The Morgan fingerprint density at radius 3 is 2.71 bits per heavy atom. The number of benzene rings is 3. The number of aromatic nitrogens is 2. The van der Waals surface area contributed by atoms with Gasteiger partial charge in [-0.3, -0.25) is 19.5 Å². The number of fused-ring (bicyclic) bond motifs is 3. The molecule has 0 saturated carbocycles. The molecule has 0 spiro atoms. The van der Waals surface area contributed by atoms with E-state index < -0.39 is 4.92 Å². The van der Waals surface area contributed by atoms with Gasteiger partial charge in [0.15, 0.2) is 0 Å². The van der Waals surface area contributed by atoms with E-state index in [2.05, 4.69) is 35.3 Å². The number of rotatable bonds is 2. The lowest BCUT2D eigenvalue weighted by Gasteiger charge is -2.06. The zero-order valence-corrected chi connectivity index (χ0v) is 14.8. The van der Waals surface area contributed by atoms with Crippen LogP contribution in [0.4, 0.5) is 5.69 Å². The monoisotopic (exact) mass is 369 g/mol. The Labute approximate surface area is 159 Å². The highest BCUT2D eigenvalue weighted by Crippen LogP contribution is 2.30. The topological polar surface area (TPSA) is 78.0 Å². The molecular formula is C22H15N3O3. The van der Waals surface area contributed by atoms with Gasteiger partial charge >= 0.3 is 0 Å². The number of hydrogen-bond acceptors (Lipinski definition) is 4. The smallest absolute Gasteiger partial charge is 0.270 e. The van der Waals surface area contributed by atoms with E-state index in [9.17, 15) is 14.9 Å². The van der Waals surface area contributed by atoms with E-state index in [1.807, 2.05) is 18.2 Å². The third kappa shape index (κ3) is 2.50. The maximum atomic E-state index is 12.9. The van der Waals surface area contributed by atoms with Gasteiger partial charge in [-0.2, -0.15) is 0 Å². The van der Waals surface area contributed by atoms with Gasteiger partial charge in [0.05, 0.1) is 15.8 Å². The molecule has 6 nitrogen and oxygen atoms in total. The summed E-state index contributed by atoms with van der Waals surface area (Å²) in [5.74, 6) is 0.638. The molecule has 6 heteroatoms. The van der Waals surface area contributed by atoms with Crippen LogP contribution in [0, 0.1) is 10.1 Å². The first kappa shape index (κ1) is 16.4. The van der Waals surface area contributed by atoms with Gasteiger partial charge in [0.1, 0.15) is 5.82 Å². The molecule has 0 saturated heterocycles. The summed E-state index contributed by atoms with van der Waals surface area (Å²) in [6.45, 7) is 0.524. The molecule has 28 heavy (non-hydrogen) atoms. The molecule has 0 radical (unpaired) electrons. The molecule has 0 fully saturated rings. The van der Waals surface area contributed by atoms with Crippen LogP contribution in [0.5, 0.6) is 0 Å². The SMILES string of the molecule is O=c1c2cc([N+](=O)[O-])ccc2nc2n1CC/C2=C/c1cccc2ccccc12. The minimum atomic E-state index is -0.497. The number of allylic oxidation sites excluding steroid dienone is 1. The van der Waals surface area contributed by atoms with Crippen molar-refractivity contribution in [3.8, 4) is 0 Å². The van der Waals surface area contributed by atoms with Crippen molar-refractivity contribution < 1.29 is 4.92 Å². The van der Waals surface area contributed by atoms with Crippen LogP contribution in [0.2, 0.25) is 0 Å². The van der Waals surface area contributed by atoms with Gasteiger partial charge in [0.25, 0.3) is 11.2 Å². The Kier molecular flexibility index (Phi) is 3.58. The Morgan fingerprint density at radius 1 is 1.04 bits per heavy atom. The van der Waals surface area contributed by atoms with Crippen molar-refractivity contribution >= 4 is 39.0 Å². The van der Waals surface area contributed by atoms with Gasteiger partial charge in [-0.15, -0.1) is 0 Å². The van der Waals surface area contributed by atoms with E-state index >= 15 is 0 Å². The van der Waals surface area contributed by atoms with Crippen molar-refractivity contribution in [3.63, 3.8) is 0 Å². The first-order chi connectivity index (χ1) is 13.6. The van der Waals surface area contributed by atoms with Crippen LogP contribution in [0.15, 0.2) is 65.5 Å². The molecule has 3 aromatic carbocycles. The first-order valence-corrected chi connectivity index (χ1v) is 8.99. The predicted octanol–water partition coefficient (Wildman–Crippen LogP) is 4.40. The highest BCUT2D eigenvalue weighted by atomic mass is 16.6. The van der Waals surface area contributed by atoms with Gasteiger partial charge in [0, 0.05) is 18.7 Å². The second kappa shape index (κ2) is 6.13. The molecule has 0 aliphatic carbocycles. The Morgan fingerprint density at radius 2 is 1.86 bits per heavy atom. The molecule has 1 aliphatic heterocycles. The largest absolute Gasteiger partial charge is 0.292 e. The number of nitrogens with zero attached hydrogens (tertiary/aromatic N) is 3. The maximum absolute atomic E-state index is 12.9. The predicted molar refractivity (Wildman–Crippen MR) is 109 cm³/mol. The van der Waals surface area contributed by atoms with Crippen LogP contribution < -0.4 is 5.56 Å². The van der Waals surface area contributed by atoms with E-state index in [4.69, 9.17) is 0 Å². The normalized spacial score (nSPS) is 14.6. The van der Waals surface area contributed by atoms with Crippen LogP contribution >= 0.6 is 0 Å². The van der Waals surface area contributed by atoms with Gasteiger partial charge in [-0.25, -0.2) is 4.98 Å². The number of non-ortho nitro benzene ring substituents is 1.